The minimum Gasteiger partial charge on any atom is -0.289 e. The Morgan fingerprint density at radius 3 is 1.14 bits per heavy atom. The summed E-state index contributed by atoms with van der Waals surface area (Å²) in [6, 6.07) is 54.6. The van der Waals surface area contributed by atoms with Crippen LogP contribution in [-0.4, -0.2) is 5.78 Å². The van der Waals surface area contributed by atoms with Gasteiger partial charge in [0.1, 0.15) is 0 Å². The third-order valence-corrected chi connectivity index (χ3v) is 8.43. The van der Waals surface area contributed by atoms with Crippen molar-refractivity contribution in [1.82, 2.24) is 0 Å². The van der Waals surface area contributed by atoms with E-state index in [9.17, 15) is 0 Å². The molecule has 0 heterocycles. The smallest absolute Gasteiger partial charge is 0.195 e. The maximum atomic E-state index is 15.2. The van der Waals surface area contributed by atoms with Gasteiger partial charge in [0.05, 0.1) is 0 Å². The molecule has 0 atom stereocenters. The summed E-state index contributed by atoms with van der Waals surface area (Å²) in [6.07, 6.45) is 0. The van der Waals surface area contributed by atoms with Crippen molar-refractivity contribution in [1.29, 1.82) is 0 Å². The normalized spacial score (nSPS) is 11.4. The molecule has 1 nitrogen and oxygen atoms in total. The highest BCUT2D eigenvalue weighted by Crippen LogP contribution is 2.39. The Labute approximate surface area is 244 Å². The predicted molar refractivity (Wildman–Crippen MR) is 177 cm³/mol. The van der Waals surface area contributed by atoms with E-state index >= 15 is 4.79 Å². The van der Waals surface area contributed by atoms with Gasteiger partial charge < -0.3 is 0 Å². The Morgan fingerprint density at radius 1 is 0.333 bits per heavy atom. The fraction of sp³-hybridized carbons (Fsp3) is 0. The minimum atomic E-state index is 0.0370. The van der Waals surface area contributed by atoms with Gasteiger partial charge in [-0.15, -0.1) is 0 Å². The van der Waals surface area contributed by atoms with Crippen LogP contribution in [0.5, 0.6) is 0 Å². The van der Waals surface area contributed by atoms with Crippen molar-refractivity contribution >= 4 is 48.9 Å². The Morgan fingerprint density at radius 2 is 0.690 bits per heavy atom. The summed E-state index contributed by atoms with van der Waals surface area (Å²) >= 11 is 0. The lowest BCUT2D eigenvalue weighted by Crippen LogP contribution is -2.08. The number of carbonyl (C=O) groups is 1. The zero-order valence-electron chi connectivity index (χ0n) is 22.9. The average molecular weight is 535 g/mol. The van der Waals surface area contributed by atoms with Gasteiger partial charge >= 0.3 is 0 Å². The molecule has 0 fully saturated rings. The van der Waals surface area contributed by atoms with Crippen LogP contribution in [-0.2, 0) is 0 Å². The van der Waals surface area contributed by atoms with Crippen molar-refractivity contribution in [2.75, 3.05) is 0 Å². The number of rotatable bonds is 4. The van der Waals surface area contributed by atoms with Crippen LogP contribution >= 0.6 is 0 Å². The Kier molecular flexibility index (Phi) is 5.68. The van der Waals surface area contributed by atoms with E-state index in [-0.39, 0.29) is 5.78 Å². The average Bonchev–Trinajstić information content (AvgIpc) is 3.06. The van der Waals surface area contributed by atoms with E-state index in [0.717, 1.165) is 65.7 Å². The molecular weight excluding hydrogens is 508 g/mol. The van der Waals surface area contributed by atoms with Gasteiger partial charge in [0.25, 0.3) is 0 Å². The molecular formula is C41H26O. The fourth-order valence-corrected chi connectivity index (χ4v) is 6.35. The van der Waals surface area contributed by atoms with Gasteiger partial charge in [-0.05, 0) is 77.5 Å². The predicted octanol–water partition coefficient (Wildman–Crippen LogP) is 10.9. The van der Waals surface area contributed by atoms with Gasteiger partial charge in [-0.25, -0.2) is 0 Å². The lowest BCUT2D eigenvalue weighted by Gasteiger charge is -2.18. The molecule has 0 bridgehead atoms. The monoisotopic (exact) mass is 534 g/mol. The fourth-order valence-electron chi connectivity index (χ4n) is 6.35. The molecule has 1 heteroatoms. The van der Waals surface area contributed by atoms with Crippen molar-refractivity contribution in [3.63, 3.8) is 0 Å². The number of ketones is 1. The van der Waals surface area contributed by atoms with E-state index in [1.54, 1.807) is 0 Å². The molecule has 0 aliphatic rings. The zero-order valence-corrected chi connectivity index (χ0v) is 22.9. The van der Waals surface area contributed by atoms with Crippen LogP contribution in [0.4, 0.5) is 0 Å². The molecule has 0 spiro atoms. The highest BCUT2D eigenvalue weighted by Gasteiger charge is 2.24. The SMILES string of the molecule is O=C(c1c(-c2ccc3ccccc3c2)ccc2ccccc12)c1c(-c2ccc3ccccc3c2)ccc2ccccc12. The molecule has 0 aromatic heterocycles. The van der Waals surface area contributed by atoms with Gasteiger partial charge in [0.15, 0.2) is 5.78 Å². The topological polar surface area (TPSA) is 17.1 Å². The van der Waals surface area contributed by atoms with Gasteiger partial charge in [-0.3, -0.25) is 4.79 Å². The maximum absolute atomic E-state index is 15.2. The summed E-state index contributed by atoms with van der Waals surface area (Å²) in [5, 5.41) is 8.71. The molecule has 0 unspecified atom stereocenters. The summed E-state index contributed by atoms with van der Waals surface area (Å²) in [7, 11) is 0. The van der Waals surface area contributed by atoms with Crippen LogP contribution in [0.3, 0.4) is 0 Å². The molecule has 0 N–H and O–H groups in total. The molecule has 8 rings (SSSR count). The Hall–Kier alpha value is -5.53. The van der Waals surface area contributed by atoms with Crippen LogP contribution in [0.2, 0.25) is 0 Å². The summed E-state index contributed by atoms with van der Waals surface area (Å²) < 4.78 is 0. The number of fused-ring (bicyclic) bond motifs is 4. The van der Waals surface area contributed by atoms with Crippen LogP contribution in [0.25, 0.3) is 65.3 Å². The van der Waals surface area contributed by atoms with E-state index < -0.39 is 0 Å². The van der Waals surface area contributed by atoms with Crippen LogP contribution in [0.1, 0.15) is 15.9 Å². The third-order valence-electron chi connectivity index (χ3n) is 8.43. The highest BCUT2D eigenvalue weighted by atomic mass is 16.1. The lowest BCUT2D eigenvalue weighted by molar-refractivity contribution is 0.104. The zero-order chi connectivity index (χ0) is 28.0. The molecule has 0 saturated carbocycles. The van der Waals surface area contributed by atoms with E-state index in [4.69, 9.17) is 0 Å². The standard InChI is InChI=1S/C41H26O/c42-41(39-35-15-7-5-11-29(35)21-23-37(39)33-19-17-27-9-1-3-13-31(27)25-33)40-36-16-8-6-12-30(36)22-24-38(40)34-20-18-28-10-2-4-14-32(28)26-34/h1-26H. The number of benzene rings is 8. The second-order valence-corrected chi connectivity index (χ2v) is 10.9. The second-order valence-electron chi connectivity index (χ2n) is 10.9. The van der Waals surface area contributed by atoms with Gasteiger partial charge in [0.2, 0.25) is 0 Å². The van der Waals surface area contributed by atoms with Crippen molar-refractivity contribution in [3.8, 4) is 22.3 Å². The van der Waals surface area contributed by atoms with E-state index in [1.165, 1.54) is 10.8 Å². The molecule has 0 aliphatic heterocycles. The summed E-state index contributed by atoms with van der Waals surface area (Å²) in [5.41, 5.74) is 5.44. The number of hydrogen-bond donors (Lipinski definition) is 0. The maximum Gasteiger partial charge on any atom is 0.195 e. The summed E-state index contributed by atoms with van der Waals surface area (Å²) in [6.45, 7) is 0. The van der Waals surface area contributed by atoms with Crippen molar-refractivity contribution < 1.29 is 4.79 Å². The first-order valence-corrected chi connectivity index (χ1v) is 14.3. The van der Waals surface area contributed by atoms with Crippen LogP contribution in [0, 0.1) is 0 Å². The second kappa shape index (κ2) is 9.83. The first-order valence-electron chi connectivity index (χ1n) is 14.3. The Bertz CT molecular complexity index is 2160. The van der Waals surface area contributed by atoms with E-state index in [1.807, 2.05) is 24.3 Å². The molecule has 196 valence electrons. The minimum absolute atomic E-state index is 0.0370. The molecule has 0 radical (unpaired) electrons. The van der Waals surface area contributed by atoms with Crippen LogP contribution < -0.4 is 0 Å². The third kappa shape index (κ3) is 3.98. The molecule has 0 saturated heterocycles. The molecule has 42 heavy (non-hydrogen) atoms. The van der Waals surface area contributed by atoms with Crippen molar-refractivity contribution in [2.24, 2.45) is 0 Å². The molecule has 0 amide bonds. The first-order chi connectivity index (χ1) is 20.7. The van der Waals surface area contributed by atoms with Crippen molar-refractivity contribution in [2.45, 2.75) is 0 Å². The molecule has 0 aliphatic carbocycles. The molecule has 8 aromatic carbocycles. The van der Waals surface area contributed by atoms with Gasteiger partial charge in [-0.1, -0.05) is 146 Å². The highest BCUT2D eigenvalue weighted by molar-refractivity contribution is 6.27. The number of carbonyl (C=O) groups excluding carboxylic acids is 1. The first kappa shape index (κ1) is 24.3. The largest absolute Gasteiger partial charge is 0.289 e. The van der Waals surface area contributed by atoms with Crippen molar-refractivity contribution in [3.05, 3.63) is 169 Å². The summed E-state index contributed by atoms with van der Waals surface area (Å²) in [5.74, 6) is 0.0370. The van der Waals surface area contributed by atoms with E-state index in [2.05, 4.69) is 133 Å². The van der Waals surface area contributed by atoms with Gasteiger partial charge in [-0.2, -0.15) is 0 Å². The Balaban J connectivity index is 1.43. The summed E-state index contributed by atoms with van der Waals surface area (Å²) in [4.78, 5) is 15.2. The van der Waals surface area contributed by atoms with Crippen LogP contribution in [0.15, 0.2) is 158 Å². The van der Waals surface area contributed by atoms with Gasteiger partial charge in [0, 0.05) is 11.1 Å². The van der Waals surface area contributed by atoms with E-state index in [0.29, 0.717) is 0 Å². The number of hydrogen-bond acceptors (Lipinski definition) is 1. The molecule has 8 aromatic rings. The lowest BCUT2D eigenvalue weighted by atomic mass is 9.84. The quantitative estimate of drug-likeness (QED) is 0.205.